The first-order chi connectivity index (χ1) is 9.16. The summed E-state index contributed by atoms with van der Waals surface area (Å²) in [5.41, 5.74) is 0.423. The number of rotatable bonds is 3. The molecule has 0 heterocycles. The summed E-state index contributed by atoms with van der Waals surface area (Å²) in [7, 11) is 0. The molecular weight excluding hydrogens is 249 g/mol. The Morgan fingerprint density at radius 1 is 1.37 bits per heavy atom. The van der Waals surface area contributed by atoms with Crippen LogP contribution in [0, 0.1) is 11.7 Å². The zero-order valence-electron chi connectivity index (χ0n) is 10.5. The Bertz CT molecular complexity index is 482. The number of phenolic OH excluding ortho intramolecular Hbond substituents is 1. The van der Waals surface area contributed by atoms with Crippen molar-refractivity contribution in [3.05, 3.63) is 29.6 Å². The van der Waals surface area contributed by atoms with E-state index in [1.807, 2.05) is 0 Å². The van der Waals surface area contributed by atoms with Crippen molar-refractivity contribution >= 4 is 12.2 Å². The SMILES string of the molecule is O=C(O/N=C\c1ccc(O)c(F)c1)C1CCCCC1. The lowest BCUT2D eigenvalue weighted by Crippen LogP contribution is -2.18. The number of oxime groups is 1. The van der Waals surface area contributed by atoms with Crippen molar-refractivity contribution < 1.29 is 19.1 Å². The largest absolute Gasteiger partial charge is 0.505 e. The summed E-state index contributed by atoms with van der Waals surface area (Å²) in [6, 6.07) is 3.82. The topological polar surface area (TPSA) is 58.9 Å². The number of benzene rings is 1. The van der Waals surface area contributed by atoms with E-state index in [1.54, 1.807) is 0 Å². The molecule has 1 aromatic rings. The highest BCUT2D eigenvalue weighted by atomic mass is 19.1. The highest BCUT2D eigenvalue weighted by Gasteiger charge is 2.22. The molecule has 4 nitrogen and oxygen atoms in total. The van der Waals surface area contributed by atoms with E-state index in [-0.39, 0.29) is 11.9 Å². The Morgan fingerprint density at radius 2 is 2.11 bits per heavy atom. The van der Waals surface area contributed by atoms with Crippen LogP contribution in [-0.2, 0) is 9.63 Å². The van der Waals surface area contributed by atoms with Gasteiger partial charge in [0.05, 0.1) is 12.1 Å². The summed E-state index contributed by atoms with van der Waals surface area (Å²) >= 11 is 0. The van der Waals surface area contributed by atoms with Crippen molar-refractivity contribution in [3.63, 3.8) is 0 Å². The molecule has 0 saturated heterocycles. The first-order valence-electron chi connectivity index (χ1n) is 6.39. The molecule has 1 N–H and O–H groups in total. The molecule has 0 bridgehead atoms. The van der Waals surface area contributed by atoms with E-state index >= 15 is 0 Å². The highest BCUT2D eigenvalue weighted by molar-refractivity contribution is 5.80. The number of hydrogen-bond donors (Lipinski definition) is 1. The summed E-state index contributed by atoms with van der Waals surface area (Å²) in [4.78, 5) is 16.5. The van der Waals surface area contributed by atoms with E-state index in [9.17, 15) is 9.18 Å². The van der Waals surface area contributed by atoms with E-state index in [0.29, 0.717) is 5.56 Å². The van der Waals surface area contributed by atoms with Gasteiger partial charge in [0.1, 0.15) is 0 Å². The zero-order chi connectivity index (χ0) is 13.7. The van der Waals surface area contributed by atoms with Gasteiger partial charge in [0.25, 0.3) is 0 Å². The van der Waals surface area contributed by atoms with Crippen LogP contribution in [0.5, 0.6) is 5.75 Å². The van der Waals surface area contributed by atoms with Gasteiger partial charge in [-0.15, -0.1) is 0 Å². The summed E-state index contributed by atoms with van der Waals surface area (Å²) in [6.07, 6.45) is 6.22. The molecule has 0 unspecified atom stereocenters. The number of phenols is 1. The maximum absolute atomic E-state index is 13.0. The quantitative estimate of drug-likeness (QED) is 0.519. The summed E-state index contributed by atoms with van der Waals surface area (Å²) < 4.78 is 13.0. The normalized spacial score (nSPS) is 16.7. The van der Waals surface area contributed by atoms with Crippen LogP contribution >= 0.6 is 0 Å². The van der Waals surface area contributed by atoms with Crippen molar-refractivity contribution in [2.75, 3.05) is 0 Å². The fourth-order valence-electron chi connectivity index (χ4n) is 2.16. The molecule has 102 valence electrons. The van der Waals surface area contributed by atoms with Crippen LogP contribution in [0.1, 0.15) is 37.7 Å². The minimum Gasteiger partial charge on any atom is -0.505 e. The van der Waals surface area contributed by atoms with Gasteiger partial charge < -0.3 is 9.94 Å². The van der Waals surface area contributed by atoms with Gasteiger partial charge in [-0.2, -0.15) is 0 Å². The average molecular weight is 265 g/mol. The van der Waals surface area contributed by atoms with Gasteiger partial charge >= 0.3 is 5.97 Å². The maximum atomic E-state index is 13.0. The Morgan fingerprint density at radius 3 is 2.79 bits per heavy atom. The van der Waals surface area contributed by atoms with Crippen molar-refractivity contribution in [3.8, 4) is 5.75 Å². The van der Waals surface area contributed by atoms with Gasteiger partial charge in [0.15, 0.2) is 11.6 Å². The maximum Gasteiger partial charge on any atom is 0.338 e. The van der Waals surface area contributed by atoms with Crippen molar-refractivity contribution in [2.45, 2.75) is 32.1 Å². The van der Waals surface area contributed by atoms with Crippen molar-refractivity contribution in [2.24, 2.45) is 11.1 Å². The first kappa shape index (κ1) is 13.5. The van der Waals surface area contributed by atoms with Gasteiger partial charge in [-0.05, 0) is 36.6 Å². The molecule has 1 aliphatic carbocycles. The third-order valence-corrected chi connectivity index (χ3v) is 3.25. The molecule has 1 saturated carbocycles. The monoisotopic (exact) mass is 265 g/mol. The number of nitrogens with zero attached hydrogens (tertiary/aromatic N) is 1. The molecule has 19 heavy (non-hydrogen) atoms. The number of carbonyl (C=O) groups excluding carboxylic acids is 1. The molecule has 0 atom stereocenters. The molecule has 5 heteroatoms. The van der Waals surface area contributed by atoms with Crippen LogP contribution < -0.4 is 0 Å². The predicted octanol–water partition coefficient (Wildman–Crippen LogP) is 2.99. The number of carbonyl (C=O) groups is 1. The van der Waals surface area contributed by atoms with Crippen LogP contribution in [-0.4, -0.2) is 17.3 Å². The second kappa shape index (κ2) is 6.31. The lowest BCUT2D eigenvalue weighted by Gasteiger charge is -2.17. The zero-order valence-corrected chi connectivity index (χ0v) is 10.5. The summed E-state index contributed by atoms with van der Waals surface area (Å²) in [5, 5.41) is 12.6. The number of halogens is 1. The van der Waals surface area contributed by atoms with E-state index in [0.717, 1.165) is 31.7 Å². The van der Waals surface area contributed by atoms with Crippen LogP contribution in [0.3, 0.4) is 0 Å². The highest BCUT2D eigenvalue weighted by Crippen LogP contribution is 2.24. The molecule has 0 aliphatic heterocycles. The van der Waals surface area contributed by atoms with E-state index in [4.69, 9.17) is 9.94 Å². The molecule has 2 rings (SSSR count). The van der Waals surface area contributed by atoms with Crippen LogP contribution in [0.2, 0.25) is 0 Å². The molecule has 0 amide bonds. The Hall–Kier alpha value is -1.91. The average Bonchev–Trinajstić information content (AvgIpc) is 2.43. The molecule has 0 spiro atoms. The molecule has 1 aromatic carbocycles. The smallest absolute Gasteiger partial charge is 0.338 e. The Balaban J connectivity index is 1.88. The van der Waals surface area contributed by atoms with E-state index < -0.39 is 11.6 Å². The lowest BCUT2D eigenvalue weighted by molar-refractivity contribution is -0.149. The molecular formula is C14H16FNO3. The van der Waals surface area contributed by atoms with Gasteiger partial charge in [0.2, 0.25) is 0 Å². The summed E-state index contributed by atoms with van der Waals surface area (Å²) in [5.74, 6) is -1.54. The van der Waals surface area contributed by atoms with E-state index in [2.05, 4.69) is 5.16 Å². The minimum atomic E-state index is -0.734. The molecule has 1 fully saturated rings. The number of hydrogen-bond acceptors (Lipinski definition) is 4. The minimum absolute atomic E-state index is 0.0672. The van der Waals surface area contributed by atoms with Crippen LogP contribution in [0.25, 0.3) is 0 Å². The van der Waals surface area contributed by atoms with Crippen LogP contribution in [0.15, 0.2) is 23.4 Å². The fourth-order valence-corrected chi connectivity index (χ4v) is 2.16. The van der Waals surface area contributed by atoms with Crippen molar-refractivity contribution in [1.82, 2.24) is 0 Å². The molecule has 0 radical (unpaired) electrons. The second-order valence-corrected chi connectivity index (χ2v) is 4.69. The Kier molecular flexibility index (Phi) is 4.49. The van der Waals surface area contributed by atoms with Gasteiger partial charge in [-0.1, -0.05) is 24.4 Å². The predicted molar refractivity (Wildman–Crippen MR) is 68.3 cm³/mol. The summed E-state index contributed by atoms with van der Waals surface area (Å²) in [6.45, 7) is 0. The van der Waals surface area contributed by atoms with Gasteiger partial charge in [0, 0.05) is 0 Å². The fraction of sp³-hybridized carbons (Fsp3) is 0.429. The van der Waals surface area contributed by atoms with E-state index in [1.165, 1.54) is 24.8 Å². The lowest BCUT2D eigenvalue weighted by atomic mass is 9.89. The van der Waals surface area contributed by atoms with Gasteiger partial charge in [-0.3, -0.25) is 0 Å². The molecule has 0 aromatic heterocycles. The number of aromatic hydroxyl groups is 1. The Labute approximate surface area is 110 Å². The van der Waals surface area contributed by atoms with Crippen molar-refractivity contribution in [1.29, 1.82) is 0 Å². The van der Waals surface area contributed by atoms with Crippen LogP contribution in [0.4, 0.5) is 4.39 Å². The first-order valence-corrected chi connectivity index (χ1v) is 6.39. The van der Waals surface area contributed by atoms with Gasteiger partial charge in [-0.25, -0.2) is 9.18 Å². The second-order valence-electron chi connectivity index (χ2n) is 4.69. The third-order valence-electron chi connectivity index (χ3n) is 3.25. The third kappa shape index (κ3) is 3.77. The molecule has 1 aliphatic rings. The standard InChI is InChI=1S/C14H16FNO3/c15-12-8-10(6-7-13(12)17)9-16-19-14(18)11-4-2-1-3-5-11/h6-9,11,17H,1-5H2/b16-9-.